The van der Waals surface area contributed by atoms with E-state index in [-0.39, 0.29) is 16.2 Å². The molecule has 12 aromatic rings. The molecule has 8 aromatic carbocycles. The van der Waals surface area contributed by atoms with Crippen LogP contribution in [0.1, 0.15) is 78.0 Å². The van der Waals surface area contributed by atoms with Gasteiger partial charge in [0.2, 0.25) is 0 Å². The number of hydrogen-bond donors (Lipinski definition) is 1. The van der Waals surface area contributed by atoms with Gasteiger partial charge in [0.15, 0.2) is 7.28 Å². The van der Waals surface area contributed by atoms with Gasteiger partial charge in [-0.15, -0.1) is 22.7 Å². The smallest absolute Gasteiger partial charge is 0.197 e. The molecule has 66 heavy (non-hydrogen) atoms. The van der Waals surface area contributed by atoms with Crippen molar-refractivity contribution < 1.29 is 4.42 Å². The van der Waals surface area contributed by atoms with Gasteiger partial charge in [-0.2, -0.15) is 0 Å². The number of fused-ring (bicyclic) bond motifs is 15. The zero-order chi connectivity index (χ0) is 44.6. The van der Waals surface area contributed by atoms with E-state index in [1.807, 2.05) is 22.7 Å². The molecule has 3 nitrogen and oxygen atoms in total. The van der Waals surface area contributed by atoms with Crippen molar-refractivity contribution in [3.63, 3.8) is 0 Å². The molecule has 0 atom stereocenters. The molecular weight excluding hydrogens is 840 g/mol. The monoisotopic (exact) mass is 887 g/mol. The Labute approximate surface area is 392 Å². The minimum absolute atomic E-state index is 0.0711. The number of benzene rings is 8. The maximum Gasteiger partial charge on any atom is 0.197 e. The standard InChI is InChI=1S/C60H48BN2OS2/c1-58(2,3)32-16-18-33(19-17-32)62-47-31-55-41(42-25-44-45(29-53(42)66-55)60(6,7)23-22-59(44,4)5)24-38(47)36-20-21-37-39-28-51-40(34-12-8-10-14-50(34)64-51)26-48(39)63-49-27-43-35-13-9-11-15-52(35)65-54(43)30-46(49)61-56(36)57(37)63/h8-21,24-31,62H,22-23H2,1-7H3. The summed E-state index contributed by atoms with van der Waals surface area (Å²) in [4.78, 5) is 0. The number of thiophene rings is 2. The molecule has 1 aliphatic heterocycles. The second kappa shape index (κ2) is 13.2. The van der Waals surface area contributed by atoms with Gasteiger partial charge < -0.3 is 14.3 Å². The number of aromatic nitrogens is 1. The van der Waals surface area contributed by atoms with E-state index in [4.69, 9.17) is 4.42 Å². The summed E-state index contributed by atoms with van der Waals surface area (Å²) in [6.07, 6.45) is 2.40. The zero-order valence-electron chi connectivity index (χ0n) is 38.4. The fourth-order valence-corrected chi connectivity index (χ4v) is 13.9. The second-order valence-corrected chi connectivity index (χ2v) is 23.6. The lowest BCUT2D eigenvalue weighted by molar-refractivity contribution is 0.332. The highest BCUT2D eigenvalue weighted by molar-refractivity contribution is 7.26. The Morgan fingerprint density at radius 3 is 2.05 bits per heavy atom. The van der Waals surface area contributed by atoms with E-state index >= 15 is 0 Å². The Hall–Kier alpha value is -6.34. The Morgan fingerprint density at radius 2 is 1.24 bits per heavy atom. The maximum atomic E-state index is 6.56. The van der Waals surface area contributed by atoms with Crippen LogP contribution in [0.25, 0.3) is 101 Å². The van der Waals surface area contributed by atoms with Crippen molar-refractivity contribution in [3.05, 3.63) is 150 Å². The van der Waals surface area contributed by atoms with Crippen molar-refractivity contribution >= 4 is 136 Å². The van der Waals surface area contributed by atoms with E-state index in [0.29, 0.717) is 0 Å². The van der Waals surface area contributed by atoms with Crippen LogP contribution in [0.4, 0.5) is 11.4 Å². The molecule has 5 heterocycles. The fourth-order valence-electron chi connectivity index (χ4n) is 11.6. The van der Waals surface area contributed by atoms with Crippen LogP contribution in [0.3, 0.4) is 0 Å². The number of anilines is 2. The van der Waals surface area contributed by atoms with Crippen LogP contribution >= 0.6 is 22.7 Å². The largest absolute Gasteiger partial charge is 0.456 e. The molecule has 2 aliphatic rings. The second-order valence-electron chi connectivity index (χ2n) is 21.5. The third-order valence-electron chi connectivity index (χ3n) is 15.4. The van der Waals surface area contributed by atoms with Crippen LogP contribution in [-0.4, -0.2) is 11.8 Å². The third-order valence-corrected chi connectivity index (χ3v) is 17.7. The molecule has 0 unspecified atom stereocenters. The summed E-state index contributed by atoms with van der Waals surface area (Å²) >= 11 is 3.82. The molecule has 0 saturated carbocycles. The predicted octanol–water partition coefficient (Wildman–Crippen LogP) is 16.4. The highest BCUT2D eigenvalue weighted by Gasteiger charge is 2.38. The maximum absolute atomic E-state index is 6.56. The van der Waals surface area contributed by atoms with Crippen LogP contribution in [-0.2, 0) is 16.2 Å². The van der Waals surface area contributed by atoms with Crippen LogP contribution in [0.2, 0.25) is 0 Å². The average molecular weight is 888 g/mol. The first-order valence-corrected chi connectivity index (χ1v) is 25.1. The van der Waals surface area contributed by atoms with Crippen LogP contribution in [0.5, 0.6) is 0 Å². The van der Waals surface area contributed by atoms with Crippen LogP contribution in [0.15, 0.2) is 138 Å². The molecule has 319 valence electrons. The van der Waals surface area contributed by atoms with Crippen molar-refractivity contribution in [1.29, 1.82) is 0 Å². The topological polar surface area (TPSA) is 30.1 Å². The van der Waals surface area contributed by atoms with E-state index < -0.39 is 0 Å². The molecule has 0 saturated heterocycles. The number of furan rings is 1. The van der Waals surface area contributed by atoms with Gasteiger partial charge in [-0.05, 0) is 130 Å². The van der Waals surface area contributed by atoms with Crippen molar-refractivity contribution in [2.75, 3.05) is 5.32 Å². The minimum Gasteiger partial charge on any atom is -0.456 e. The minimum atomic E-state index is 0.0711. The van der Waals surface area contributed by atoms with Gasteiger partial charge in [-0.25, -0.2) is 0 Å². The van der Waals surface area contributed by atoms with Gasteiger partial charge >= 0.3 is 0 Å². The zero-order valence-corrected chi connectivity index (χ0v) is 40.0. The van der Waals surface area contributed by atoms with E-state index in [1.54, 1.807) is 0 Å². The van der Waals surface area contributed by atoms with E-state index in [2.05, 4.69) is 199 Å². The van der Waals surface area contributed by atoms with E-state index in [9.17, 15) is 0 Å². The molecule has 1 N–H and O–H groups in total. The Balaban J connectivity index is 1.07. The summed E-state index contributed by atoms with van der Waals surface area (Å²) in [5.41, 5.74) is 17.3. The summed E-state index contributed by atoms with van der Waals surface area (Å²) in [6.45, 7) is 16.6. The van der Waals surface area contributed by atoms with Gasteiger partial charge in [0.1, 0.15) is 11.2 Å². The SMILES string of the molecule is CC(C)(C)c1ccc(Nc2cc3sc4cc5c(cc4c3cc2-c2ccc3c4cc6oc7ccccc7c6cc4n4c3c2[B]c2cc3sc6ccccc6c3cc2-4)C(C)(C)CCC5(C)C)cc1. The molecule has 0 bridgehead atoms. The van der Waals surface area contributed by atoms with Crippen LogP contribution < -0.4 is 16.2 Å². The molecular formula is C60H48BN2OS2. The molecule has 1 aliphatic carbocycles. The highest BCUT2D eigenvalue weighted by atomic mass is 32.1. The summed E-state index contributed by atoms with van der Waals surface area (Å²) in [5.74, 6) is 0. The lowest BCUT2D eigenvalue weighted by Gasteiger charge is -2.41. The molecule has 14 rings (SSSR count). The molecule has 0 spiro atoms. The van der Waals surface area contributed by atoms with Gasteiger partial charge in [0, 0.05) is 90.0 Å². The highest BCUT2D eigenvalue weighted by Crippen LogP contribution is 2.51. The number of nitrogens with zero attached hydrogens (tertiary/aromatic N) is 1. The normalized spacial score (nSPS) is 15.4. The van der Waals surface area contributed by atoms with E-state index in [0.717, 1.165) is 33.3 Å². The van der Waals surface area contributed by atoms with Crippen molar-refractivity contribution in [3.8, 4) is 16.8 Å². The first-order chi connectivity index (χ1) is 31.8. The van der Waals surface area contributed by atoms with Crippen LogP contribution in [0, 0.1) is 0 Å². The lowest BCUT2D eigenvalue weighted by atomic mass is 9.59. The quantitative estimate of drug-likeness (QED) is 0.179. The Morgan fingerprint density at radius 1 is 0.561 bits per heavy atom. The summed E-state index contributed by atoms with van der Waals surface area (Å²) in [6, 6.07) is 50.7. The Bertz CT molecular complexity index is 4090. The Kier molecular flexibility index (Phi) is 7.77. The summed E-state index contributed by atoms with van der Waals surface area (Å²) in [5, 5.41) is 14.0. The van der Waals surface area contributed by atoms with Crippen molar-refractivity contribution in [2.45, 2.75) is 77.6 Å². The summed E-state index contributed by atoms with van der Waals surface area (Å²) < 4.78 is 14.4. The first kappa shape index (κ1) is 38.9. The fraction of sp³-hybridized carbons (Fsp3) is 0.200. The number of para-hydroxylation sites is 1. The molecule has 0 fully saturated rings. The van der Waals surface area contributed by atoms with E-state index in [1.165, 1.54) is 119 Å². The van der Waals surface area contributed by atoms with Gasteiger partial charge in [-0.3, -0.25) is 0 Å². The van der Waals surface area contributed by atoms with Gasteiger partial charge in [-0.1, -0.05) is 115 Å². The van der Waals surface area contributed by atoms with Gasteiger partial charge in [0.25, 0.3) is 0 Å². The van der Waals surface area contributed by atoms with Gasteiger partial charge in [0.05, 0.1) is 5.52 Å². The predicted molar refractivity (Wildman–Crippen MR) is 288 cm³/mol. The average Bonchev–Trinajstić information content (AvgIpc) is 4.05. The molecule has 0 amide bonds. The third kappa shape index (κ3) is 5.49. The molecule has 1 radical (unpaired) electrons. The number of nitrogens with one attached hydrogen (secondary N) is 1. The van der Waals surface area contributed by atoms with Crippen molar-refractivity contribution in [1.82, 2.24) is 4.57 Å². The molecule has 6 heteroatoms. The van der Waals surface area contributed by atoms with Crippen molar-refractivity contribution in [2.24, 2.45) is 0 Å². The first-order valence-electron chi connectivity index (χ1n) is 23.4. The molecule has 4 aromatic heterocycles. The number of hydrogen-bond acceptors (Lipinski definition) is 4. The summed E-state index contributed by atoms with van der Waals surface area (Å²) in [7, 11) is 2.48. The number of rotatable bonds is 3. The lowest BCUT2D eigenvalue weighted by Crippen LogP contribution is -2.37.